The van der Waals surface area contributed by atoms with Gasteiger partial charge in [-0.05, 0) is 5.92 Å². The summed E-state index contributed by atoms with van der Waals surface area (Å²) < 4.78 is 0. The fourth-order valence-electron chi connectivity index (χ4n) is 1.33. The first kappa shape index (κ1) is 14.7. The molecule has 92 valence electrons. The summed E-state index contributed by atoms with van der Waals surface area (Å²) in [7, 11) is 0. The van der Waals surface area contributed by atoms with Gasteiger partial charge in [0.05, 0.1) is 0 Å². The third-order valence-corrected chi connectivity index (χ3v) is 2.08. The molecule has 4 nitrogen and oxygen atoms in total. The van der Waals surface area contributed by atoms with Gasteiger partial charge in [-0.1, -0.05) is 19.9 Å². The van der Waals surface area contributed by atoms with Gasteiger partial charge in [-0.2, -0.15) is 0 Å². The van der Waals surface area contributed by atoms with Crippen molar-refractivity contribution in [2.75, 3.05) is 19.6 Å². The molecule has 0 atom stereocenters. The summed E-state index contributed by atoms with van der Waals surface area (Å²) in [5.74, 6) is 0.389. The van der Waals surface area contributed by atoms with Gasteiger partial charge in [-0.15, -0.1) is 6.58 Å². The van der Waals surface area contributed by atoms with Crippen molar-refractivity contribution in [1.82, 2.24) is 10.2 Å². The summed E-state index contributed by atoms with van der Waals surface area (Å²) in [6, 6.07) is 0. The molecular formula is C12H22N2O2. The van der Waals surface area contributed by atoms with Crippen molar-refractivity contribution in [1.29, 1.82) is 0 Å². The lowest BCUT2D eigenvalue weighted by Gasteiger charge is -2.22. The number of carbonyl (C=O) groups is 2. The number of amides is 2. The maximum Gasteiger partial charge on any atom is 0.222 e. The Morgan fingerprint density at radius 3 is 2.50 bits per heavy atom. The molecule has 0 heterocycles. The van der Waals surface area contributed by atoms with E-state index in [1.807, 2.05) is 13.8 Å². The molecule has 0 rings (SSSR count). The molecule has 0 saturated carbocycles. The van der Waals surface area contributed by atoms with Crippen molar-refractivity contribution in [3.8, 4) is 0 Å². The zero-order valence-corrected chi connectivity index (χ0v) is 10.5. The summed E-state index contributed by atoms with van der Waals surface area (Å²) in [5, 5.41) is 2.68. The van der Waals surface area contributed by atoms with Crippen molar-refractivity contribution in [2.45, 2.75) is 27.2 Å². The minimum atomic E-state index is -0.0464. The quantitative estimate of drug-likeness (QED) is 0.663. The van der Waals surface area contributed by atoms with E-state index in [1.165, 1.54) is 6.92 Å². The fourth-order valence-corrected chi connectivity index (χ4v) is 1.33. The van der Waals surface area contributed by atoms with E-state index >= 15 is 0 Å². The van der Waals surface area contributed by atoms with Crippen LogP contribution in [0.4, 0.5) is 0 Å². The standard InChI is InChI=1S/C12H22N2O2/c1-5-7-13-12(16)6-8-14(11(4)15)9-10(2)3/h5,10H,1,6-9H2,2-4H3,(H,13,16). The lowest BCUT2D eigenvalue weighted by atomic mass is 10.2. The van der Waals surface area contributed by atoms with Gasteiger partial charge in [0.15, 0.2) is 0 Å². The van der Waals surface area contributed by atoms with Crippen molar-refractivity contribution in [3.63, 3.8) is 0 Å². The molecule has 0 aromatic carbocycles. The summed E-state index contributed by atoms with van der Waals surface area (Å²) in [4.78, 5) is 24.3. The highest BCUT2D eigenvalue weighted by Gasteiger charge is 2.11. The van der Waals surface area contributed by atoms with E-state index in [2.05, 4.69) is 11.9 Å². The maximum atomic E-state index is 11.3. The highest BCUT2D eigenvalue weighted by atomic mass is 16.2. The summed E-state index contributed by atoms with van der Waals surface area (Å²) >= 11 is 0. The molecule has 0 aliphatic heterocycles. The SMILES string of the molecule is C=CCNC(=O)CCN(CC(C)C)C(C)=O. The average Bonchev–Trinajstić information content (AvgIpc) is 2.20. The van der Waals surface area contributed by atoms with Crippen LogP contribution in [-0.2, 0) is 9.59 Å². The largest absolute Gasteiger partial charge is 0.353 e. The predicted octanol–water partition coefficient (Wildman–Crippen LogP) is 1.18. The fraction of sp³-hybridized carbons (Fsp3) is 0.667. The van der Waals surface area contributed by atoms with E-state index in [1.54, 1.807) is 11.0 Å². The zero-order valence-electron chi connectivity index (χ0n) is 10.5. The van der Waals surface area contributed by atoms with Crippen LogP contribution in [0, 0.1) is 5.92 Å². The second-order valence-electron chi connectivity index (χ2n) is 4.20. The Bertz CT molecular complexity index is 249. The van der Waals surface area contributed by atoms with Crippen molar-refractivity contribution in [3.05, 3.63) is 12.7 Å². The number of hydrogen-bond donors (Lipinski definition) is 1. The van der Waals surface area contributed by atoms with Gasteiger partial charge in [-0.25, -0.2) is 0 Å². The third kappa shape index (κ3) is 7.04. The molecule has 0 aromatic rings. The second kappa shape index (κ2) is 7.91. The highest BCUT2D eigenvalue weighted by molar-refractivity contribution is 5.78. The molecule has 0 bridgehead atoms. The van der Waals surface area contributed by atoms with Gasteiger partial charge in [0, 0.05) is 33.0 Å². The maximum absolute atomic E-state index is 11.3. The van der Waals surface area contributed by atoms with Gasteiger partial charge in [0.1, 0.15) is 0 Å². The number of carbonyl (C=O) groups excluding carboxylic acids is 2. The van der Waals surface area contributed by atoms with E-state index in [-0.39, 0.29) is 11.8 Å². The summed E-state index contributed by atoms with van der Waals surface area (Å²) in [6.07, 6.45) is 1.98. The lowest BCUT2D eigenvalue weighted by molar-refractivity contribution is -0.130. The first-order valence-corrected chi connectivity index (χ1v) is 5.60. The lowest BCUT2D eigenvalue weighted by Crippen LogP contribution is -2.36. The van der Waals surface area contributed by atoms with E-state index in [0.29, 0.717) is 32.0 Å². The Hall–Kier alpha value is -1.32. The van der Waals surface area contributed by atoms with E-state index in [9.17, 15) is 9.59 Å². The molecule has 0 aliphatic carbocycles. The van der Waals surface area contributed by atoms with Crippen molar-refractivity contribution >= 4 is 11.8 Å². The molecular weight excluding hydrogens is 204 g/mol. The van der Waals surface area contributed by atoms with Crippen LogP contribution in [-0.4, -0.2) is 36.3 Å². The molecule has 0 aliphatic rings. The molecule has 4 heteroatoms. The normalized spacial score (nSPS) is 10.0. The van der Waals surface area contributed by atoms with Crippen LogP contribution in [0.3, 0.4) is 0 Å². The zero-order chi connectivity index (χ0) is 12.6. The molecule has 16 heavy (non-hydrogen) atoms. The molecule has 0 aromatic heterocycles. The Labute approximate surface area is 97.7 Å². The van der Waals surface area contributed by atoms with Crippen LogP contribution in [0.2, 0.25) is 0 Å². The Morgan fingerprint density at radius 1 is 1.44 bits per heavy atom. The van der Waals surface area contributed by atoms with Crippen LogP contribution in [0.1, 0.15) is 27.2 Å². The predicted molar refractivity (Wildman–Crippen MR) is 64.9 cm³/mol. The van der Waals surface area contributed by atoms with Crippen LogP contribution in [0.15, 0.2) is 12.7 Å². The minimum absolute atomic E-state index is 0.0187. The Balaban J connectivity index is 3.96. The van der Waals surface area contributed by atoms with E-state index in [0.717, 1.165) is 0 Å². The summed E-state index contributed by atoms with van der Waals surface area (Å²) in [6.45, 7) is 10.8. The molecule has 0 radical (unpaired) electrons. The van der Waals surface area contributed by atoms with Crippen LogP contribution >= 0.6 is 0 Å². The van der Waals surface area contributed by atoms with E-state index in [4.69, 9.17) is 0 Å². The monoisotopic (exact) mass is 226 g/mol. The second-order valence-corrected chi connectivity index (χ2v) is 4.20. The number of nitrogens with one attached hydrogen (secondary N) is 1. The Morgan fingerprint density at radius 2 is 2.06 bits per heavy atom. The smallest absolute Gasteiger partial charge is 0.222 e. The summed E-state index contributed by atoms with van der Waals surface area (Å²) in [5.41, 5.74) is 0. The van der Waals surface area contributed by atoms with Crippen molar-refractivity contribution in [2.24, 2.45) is 5.92 Å². The van der Waals surface area contributed by atoms with Gasteiger partial charge in [-0.3, -0.25) is 9.59 Å². The van der Waals surface area contributed by atoms with Crippen LogP contribution < -0.4 is 5.32 Å². The van der Waals surface area contributed by atoms with Crippen LogP contribution in [0.25, 0.3) is 0 Å². The first-order chi connectivity index (χ1) is 7.47. The molecule has 1 N–H and O–H groups in total. The first-order valence-electron chi connectivity index (χ1n) is 5.60. The van der Waals surface area contributed by atoms with Gasteiger partial charge >= 0.3 is 0 Å². The highest BCUT2D eigenvalue weighted by Crippen LogP contribution is 2.00. The third-order valence-electron chi connectivity index (χ3n) is 2.08. The topological polar surface area (TPSA) is 49.4 Å². The average molecular weight is 226 g/mol. The van der Waals surface area contributed by atoms with Gasteiger partial charge in [0.25, 0.3) is 0 Å². The minimum Gasteiger partial charge on any atom is -0.353 e. The molecule has 0 spiro atoms. The van der Waals surface area contributed by atoms with Crippen LogP contribution in [0.5, 0.6) is 0 Å². The number of rotatable bonds is 7. The molecule has 0 fully saturated rings. The molecule has 2 amide bonds. The number of hydrogen-bond acceptors (Lipinski definition) is 2. The van der Waals surface area contributed by atoms with Gasteiger partial charge in [0.2, 0.25) is 11.8 Å². The molecule has 0 saturated heterocycles. The van der Waals surface area contributed by atoms with Gasteiger partial charge < -0.3 is 10.2 Å². The van der Waals surface area contributed by atoms with E-state index < -0.39 is 0 Å². The Kier molecular flexibility index (Phi) is 7.25. The number of nitrogens with zero attached hydrogens (tertiary/aromatic N) is 1. The molecule has 0 unspecified atom stereocenters. The van der Waals surface area contributed by atoms with Crippen molar-refractivity contribution < 1.29 is 9.59 Å².